The highest BCUT2D eigenvalue weighted by Gasteiger charge is 2.24. The summed E-state index contributed by atoms with van der Waals surface area (Å²) in [4.78, 5) is 24.1. The van der Waals surface area contributed by atoms with E-state index in [1.165, 1.54) is 24.3 Å². The predicted octanol–water partition coefficient (Wildman–Crippen LogP) is 3.09. The van der Waals surface area contributed by atoms with E-state index in [1.54, 1.807) is 6.92 Å². The average molecular weight is 422 g/mol. The highest BCUT2D eigenvalue weighted by atomic mass is 32.2. The number of halogens is 1. The van der Waals surface area contributed by atoms with E-state index < -0.39 is 33.8 Å². The Bertz CT molecular complexity index is 944. The van der Waals surface area contributed by atoms with Crippen LogP contribution in [0.25, 0.3) is 0 Å². The number of anilines is 1. The minimum atomic E-state index is -3.99. The number of amides is 1. The number of carbonyl (C=O) groups excluding carboxylic acids is 2. The lowest BCUT2D eigenvalue weighted by molar-refractivity contribution is -0.117. The molecule has 1 amide bonds. The van der Waals surface area contributed by atoms with E-state index in [1.807, 2.05) is 6.92 Å². The minimum Gasteiger partial charge on any atom is -0.462 e. The number of esters is 1. The van der Waals surface area contributed by atoms with Crippen LogP contribution in [0.4, 0.5) is 10.1 Å². The smallest absolute Gasteiger partial charge is 0.338 e. The second-order valence-corrected chi connectivity index (χ2v) is 7.95. The van der Waals surface area contributed by atoms with E-state index in [0.29, 0.717) is 24.3 Å². The molecule has 0 bridgehead atoms. The molecule has 2 N–H and O–H groups in total. The molecule has 2 aromatic carbocycles. The molecule has 0 aliphatic carbocycles. The Morgan fingerprint density at radius 2 is 1.66 bits per heavy atom. The molecule has 2 aromatic rings. The van der Waals surface area contributed by atoms with Gasteiger partial charge in [0.25, 0.3) is 0 Å². The van der Waals surface area contributed by atoms with Gasteiger partial charge in [-0.05, 0) is 61.4 Å². The lowest BCUT2D eigenvalue weighted by Crippen LogP contribution is -2.43. The number of ether oxygens (including phenoxy) is 1. The van der Waals surface area contributed by atoms with Gasteiger partial charge in [0, 0.05) is 5.69 Å². The molecule has 0 saturated heterocycles. The molecule has 2 rings (SSSR count). The van der Waals surface area contributed by atoms with E-state index in [0.717, 1.165) is 24.3 Å². The molecule has 0 saturated carbocycles. The number of sulfonamides is 1. The van der Waals surface area contributed by atoms with Crippen molar-refractivity contribution >= 4 is 27.6 Å². The second kappa shape index (κ2) is 10.1. The van der Waals surface area contributed by atoms with Crippen molar-refractivity contribution in [2.75, 3.05) is 11.9 Å². The number of carbonyl (C=O) groups is 2. The largest absolute Gasteiger partial charge is 0.462 e. The molecule has 0 aliphatic heterocycles. The van der Waals surface area contributed by atoms with Gasteiger partial charge in [0.05, 0.1) is 17.1 Å². The summed E-state index contributed by atoms with van der Waals surface area (Å²) in [6.45, 7) is 3.87. The topological polar surface area (TPSA) is 102 Å². The first-order chi connectivity index (χ1) is 13.8. The third kappa shape index (κ3) is 6.37. The molecular weight excluding hydrogens is 399 g/mol. The first kappa shape index (κ1) is 22.5. The third-order valence-electron chi connectivity index (χ3n) is 3.97. The van der Waals surface area contributed by atoms with Crippen molar-refractivity contribution < 1.29 is 27.1 Å². The fourth-order valence-electron chi connectivity index (χ4n) is 2.39. The van der Waals surface area contributed by atoms with Crippen molar-refractivity contribution in [1.82, 2.24) is 4.72 Å². The zero-order chi connectivity index (χ0) is 21.4. The lowest BCUT2D eigenvalue weighted by Gasteiger charge is -2.17. The predicted molar refractivity (Wildman–Crippen MR) is 106 cm³/mol. The number of hydrogen-bond donors (Lipinski definition) is 2. The van der Waals surface area contributed by atoms with Crippen LogP contribution in [0, 0.1) is 5.82 Å². The summed E-state index contributed by atoms with van der Waals surface area (Å²) >= 11 is 0. The maximum absolute atomic E-state index is 13.0. The molecule has 29 heavy (non-hydrogen) atoms. The van der Waals surface area contributed by atoms with Crippen molar-refractivity contribution in [1.29, 1.82) is 0 Å². The zero-order valence-electron chi connectivity index (χ0n) is 16.1. The highest BCUT2D eigenvalue weighted by Crippen LogP contribution is 2.14. The quantitative estimate of drug-likeness (QED) is 0.605. The van der Waals surface area contributed by atoms with E-state index >= 15 is 0 Å². The first-order valence-electron chi connectivity index (χ1n) is 9.12. The molecule has 7 nitrogen and oxygen atoms in total. The van der Waals surface area contributed by atoms with Crippen LogP contribution < -0.4 is 10.0 Å². The molecule has 0 aromatic heterocycles. The molecule has 1 atom stereocenters. The van der Waals surface area contributed by atoms with Gasteiger partial charge in [-0.1, -0.05) is 13.8 Å². The van der Waals surface area contributed by atoms with Gasteiger partial charge in [-0.25, -0.2) is 17.6 Å². The second-order valence-electron chi connectivity index (χ2n) is 6.24. The SMILES string of the molecule is CCCOC(=O)c1ccc(NC(=O)C(CC)NS(=O)(=O)c2ccc(F)cc2)cc1. The Hall–Kier alpha value is -2.78. The van der Waals surface area contributed by atoms with Crippen molar-refractivity contribution in [2.24, 2.45) is 0 Å². The summed E-state index contributed by atoms with van der Waals surface area (Å²) in [5.74, 6) is -1.57. The van der Waals surface area contributed by atoms with Gasteiger partial charge in [-0.3, -0.25) is 4.79 Å². The van der Waals surface area contributed by atoms with Crippen molar-refractivity contribution in [3.63, 3.8) is 0 Å². The van der Waals surface area contributed by atoms with Crippen molar-refractivity contribution in [3.8, 4) is 0 Å². The third-order valence-corrected chi connectivity index (χ3v) is 5.46. The molecule has 0 spiro atoms. The Labute approximate surface area is 169 Å². The van der Waals surface area contributed by atoms with Gasteiger partial charge in [0.1, 0.15) is 11.9 Å². The Kier molecular flexibility index (Phi) is 7.86. The van der Waals surface area contributed by atoms with Gasteiger partial charge in [0.2, 0.25) is 15.9 Å². The Balaban J connectivity index is 2.04. The molecule has 156 valence electrons. The fourth-order valence-corrected chi connectivity index (χ4v) is 3.67. The standard InChI is InChI=1S/C20H23FN2O5S/c1-3-13-28-20(25)14-5-9-16(10-6-14)22-19(24)18(4-2)23-29(26,27)17-11-7-15(21)8-12-17/h5-12,18,23H,3-4,13H2,1-2H3,(H,22,24). The van der Waals surface area contributed by atoms with Gasteiger partial charge in [0.15, 0.2) is 0 Å². The van der Waals surface area contributed by atoms with E-state index in [9.17, 15) is 22.4 Å². The minimum absolute atomic E-state index is 0.139. The Morgan fingerprint density at radius 3 is 2.21 bits per heavy atom. The zero-order valence-corrected chi connectivity index (χ0v) is 17.0. The molecule has 0 aliphatic rings. The molecular formula is C20H23FN2O5S. The molecule has 0 heterocycles. The molecule has 0 fully saturated rings. The molecule has 0 radical (unpaired) electrons. The van der Waals surface area contributed by atoms with Gasteiger partial charge in [-0.2, -0.15) is 4.72 Å². The van der Waals surface area contributed by atoms with E-state index in [4.69, 9.17) is 4.74 Å². The number of rotatable bonds is 9. The first-order valence-corrected chi connectivity index (χ1v) is 10.6. The van der Waals surface area contributed by atoms with Gasteiger partial charge >= 0.3 is 5.97 Å². The normalized spacial score (nSPS) is 12.2. The lowest BCUT2D eigenvalue weighted by atomic mass is 10.2. The number of hydrogen-bond acceptors (Lipinski definition) is 5. The van der Waals surface area contributed by atoms with Crippen LogP contribution in [0.5, 0.6) is 0 Å². The van der Waals surface area contributed by atoms with Crippen LogP contribution in [0.3, 0.4) is 0 Å². The van der Waals surface area contributed by atoms with Crippen LogP contribution in [0.1, 0.15) is 37.0 Å². The maximum Gasteiger partial charge on any atom is 0.338 e. The van der Waals surface area contributed by atoms with Gasteiger partial charge < -0.3 is 10.1 Å². The summed E-state index contributed by atoms with van der Waals surface area (Å²) in [5, 5.41) is 2.61. The van der Waals surface area contributed by atoms with Crippen molar-refractivity contribution in [2.45, 2.75) is 37.6 Å². The maximum atomic E-state index is 13.0. The summed E-state index contributed by atoms with van der Waals surface area (Å²) in [6, 6.07) is 9.36. The molecule has 9 heteroatoms. The number of nitrogens with one attached hydrogen (secondary N) is 2. The van der Waals surface area contributed by atoms with E-state index in [2.05, 4.69) is 10.0 Å². The van der Waals surface area contributed by atoms with Crippen LogP contribution >= 0.6 is 0 Å². The van der Waals surface area contributed by atoms with Crippen molar-refractivity contribution in [3.05, 3.63) is 59.9 Å². The highest BCUT2D eigenvalue weighted by molar-refractivity contribution is 7.89. The van der Waals surface area contributed by atoms with Gasteiger partial charge in [-0.15, -0.1) is 0 Å². The monoisotopic (exact) mass is 422 g/mol. The summed E-state index contributed by atoms with van der Waals surface area (Å²) in [7, 11) is -3.99. The average Bonchev–Trinajstić information content (AvgIpc) is 2.71. The van der Waals surface area contributed by atoms with Crippen LogP contribution in [0.15, 0.2) is 53.4 Å². The van der Waals surface area contributed by atoms with Crippen LogP contribution in [-0.2, 0) is 19.6 Å². The molecule has 1 unspecified atom stereocenters. The summed E-state index contributed by atoms with van der Waals surface area (Å²) in [5.41, 5.74) is 0.752. The van der Waals surface area contributed by atoms with E-state index in [-0.39, 0.29) is 11.3 Å². The Morgan fingerprint density at radius 1 is 1.03 bits per heavy atom. The summed E-state index contributed by atoms with van der Waals surface area (Å²) in [6.07, 6.45) is 0.916. The number of benzene rings is 2. The fraction of sp³-hybridized carbons (Fsp3) is 0.300. The van der Waals surface area contributed by atoms with Crippen LogP contribution in [0.2, 0.25) is 0 Å². The van der Waals surface area contributed by atoms with Crippen LogP contribution in [-0.4, -0.2) is 32.9 Å². The summed E-state index contributed by atoms with van der Waals surface area (Å²) < 4.78 is 45.2.